The van der Waals surface area contributed by atoms with Crippen molar-refractivity contribution in [2.45, 2.75) is 19.9 Å². The first-order valence-electron chi connectivity index (χ1n) is 10.1. The molecule has 168 valence electrons. The van der Waals surface area contributed by atoms with Crippen molar-refractivity contribution >= 4 is 11.9 Å². The Morgan fingerprint density at radius 2 is 1.44 bits per heavy atom. The highest BCUT2D eigenvalue weighted by atomic mass is 16.5. The molecule has 0 aliphatic heterocycles. The zero-order chi connectivity index (χ0) is 23.3. The molecular formula is C24H27N3O5. The van der Waals surface area contributed by atoms with Crippen molar-refractivity contribution < 1.29 is 23.8 Å². The molecular weight excluding hydrogens is 410 g/mol. The lowest BCUT2D eigenvalue weighted by Crippen LogP contribution is -2.33. The molecule has 8 nitrogen and oxygen atoms in total. The van der Waals surface area contributed by atoms with Gasteiger partial charge in [0.1, 0.15) is 17.1 Å². The third-order valence-electron chi connectivity index (χ3n) is 5.25. The number of esters is 1. The number of carbonyl (C=O) groups is 2. The lowest BCUT2D eigenvalue weighted by atomic mass is 9.98. The number of nitrogens with zero attached hydrogens (tertiary/aromatic N) is 2. The average Bonchev–Trinajstić information content (AvgIpc) is 3.07. The van der Waals surface area contributed by atoms with Crippen LogP contribution < -0.4 is 14.8 Å². The number of ether oxygens (including phenoxy) is 3. The molecule has 0 spiro atoms. The van der Waals surface area contributed by atoms with Gasteiger partial charge in [-0.2, -0.15) is 5.10 Å². The lowest BCUT2D eigenvalue weighted by Gasteiger charge is -2.20. The van der Waals surface area contributed by atoms with Crippen LogP contribution in [-0.2, 0) is 16.6 Å². The number of rotatable bonds is 8. The largest absolute Gasteiger partial charge is 0.497 e. The third-order valence-corrected chi connectivity index (χ3v) is 5.25. The summed E-state index contributed by atoms with van der Waals surface area (Å²) >= 11 is 0. The Hall–Kier alpha value is -3.81. The van der Waals surface area contributed by atoms with Crippen LogP contribution in [0.5, 0.6) is 11.5 Å². The minimum Gasteiger partial charge on any atom is -0.497 e. The monoisotopic (exact) mass is 437 g/mol. The first kappa shape index (κ1) is 22.9. The molecule has 1 N–H and O–H groups in total. The van der Waals surface area contributed by atoms with Crippen molar-refractivity contribution in [1.82, 2.24) is 15.1 Å². The Bertz CT molecular complexity index is 1040. The predicted octanol–water partition coefficient (Wildman–Crippen LogP) is 3.12. The maximum atomic E-state index is 12.7. The van der Waals surface area contributed by atoms with Gasteiger partial charge in [0, 0.05) is 12.7 Å². The highest BCUT2D eigenvalue weighted by Crippen LogP contribution is 2.26. The maximum Gasteiger partial charge on any atom is 0.342 e. The van der Waals surface area contributed by atoms with Crippen molar-refractivity contribution in [3.63, 3.8) is 0 Å². The van der Waals surface area contributed by atoms with E-state index in [1.54, 1.807) is 39.8 Å². The second-order valence-electron chi connectivity index (χ2n) is 7.29. The highest BCUT2D eigenvalue weighted by Gasteiger charge is 2.22. The van der Waals surface area contributed by atoms with Gasteiger partial charge in [-0.15, -0.1) is 0 Å². The van der Waals surface area contributed by atoms with Gasteiger partial charge in [0.05, 0.1) is 26.0 Å². The van der Waals surface area contributed by atoms with Gasteiger partial charge in [0.15, 0.2) is 6.61 Å². The fraction of sp³-hybridized carbons (Fsp3) is 0.292. The molecule has 0 bridgehead atoms. The quantitative estimate of drug-likeness (QED) is 0.545. The molecule has 2 aromatic carbocycles. The smallest absolute Gasteiger partial charge is 0.342 e. The SMILES string of the molecule is COc1ccc(C(NC(=O)COC(=O)c2c(C)nn(C)c2C)c2ccc(OC)cc2)cc1. The molecule has 0 atom stereocenters. The summed E-state index contributed by atoms with van der Waals surface area (Å²) in [6, 6.07) is 14.4. The van der Waals surface area contributed by atoms with Crippen molar-refractivity contribution in [2.24, 2.45) is 7.05 Å². The van der Waals surface area contributed by atoms with Gasteiger partial charge in [-0.3, -0.25) is 9.48 Å². The second-order valence-corrected chi connectivity index (χ2v) is 7.29. The number of benzene rings is 2. The molecule has 32 heavy (non-hydrogen) atoms. The molecule has 0 fully saturated rings. The number of hydrogen-bond donors (Lipinski definition) is 1. The first-order chi connectivity index (χ1) is 15.3. The van der Waals surface area contributed by atoms with Crippen LogP contribution in [0.3, 0.4) is 0 Å². The van der Waals surface area contributed by atoms with Crippen LogP contribution in [0.15, 0.2) is 48.5 Å². The number of aryl methyl sites for hydroxylation is 2. The van der Waals surface area contributed by atoms with Gasteiger partial charge in [0.2, 0.25) is 0 Å². The van der Waals surface area contributed by atoms with E-state index in [4.69, 9.17) is 14.2 Å². The minimum absolute atomic E-state index is 0.377. The Morgan fingerprint density at radius 3 is 1.84 bits per heavy atom. The third kappa shape index (κ3) is 5.08. The normalized spacial score (nSPS) is 10.7. The average molecular weight is 437 g/mol. The summed E-state index contributed by atoms with van der Waals surface area (Å²) in [4.78, 5) is 25.2. The van der Waals surface area contributed by atoms with Gasteiger partial charge in [-0.1, -0.05) is 24.3 Å². The van der Waals surface area contributed by atoms with E-state index < -0.39 is 24.5 Å². The maximum absolute atomic E-state index is 12.7. The van der Waals surface area contributed by atoms with E-state index in [0.717, 1.165) is 11.1 Å². The van der Waals surface area contributed by atoms with Crippen LogP contribution in [0.1, 0.15) is 38.9 Å². The highest BCUT2D eigenvalue weighted by molar-refractivity contribution is 5.93. The van der Waals surface area contributed by atoms with E-state index in [1.807, 2.05) is 48.5 Å². The second kappa shape index (κ2) is 10.00. The van der Waals surface area contributed by atoms with E-state index in [0.29, 0.717) is 28.5 Å². The van der Waals surface area contributed by atoms with Crippen molar-refractivity contribution in [2.75, 3.05) is 20.8 Å². The van der Waals surface area contributed by atoms with E-state index >= 15 is 0 Å². The number of carbonyl (C=O) groups excluding carboxylic acids is 2. The zero-order valence-corrected chi connectivity index (χ0v) is 18.8. The topological polar surface area (TPSA) is 91.7 Å². The Kier molecular flexibility index (Phi) is 7.14. The van der Waals surface area contributed by atoms with Crippen molar-refractivity contribution in [3.05, 3.63) is 76.6 Å². The summed E-state index contributed by atoms with van der Waals surface area (Å²) in [7, 11) is 4.94. The molecule has 1 heterocycles. The molecule has 1 amide bonds. The van der Waals surface area contributed by atoms with Crippen LogP contribution >= 0.6 is 0 Å². The van der Waals surface area contributed by atoms with E-state index in [-0.39, 0.29) is 0 Å². The standard InChI is InChI=1S/C24H27N3O5/c1-15-22(16(2)27(3)26-15)24(29)32-14-21(28)25-23(17-6-10-19(30-4)11-7-17)18-8-12-20(31-5)13-9-18/h6-13,23H,14H2,1-5H3,(H,25,28). The number of methoxy groups -OCH3 is 2. The molecule has 0 aliphatic carbocycles. The summed E-state index contributed by atoms with van der Waals surface area (Å²) in [5.41, 5.74) is 3.33. The summed E-state index contributed by atoms with van der Waals surface area (Å²) in [6.45, 7) is 3.10. The van der Waals surface area contributed by atoms with Gasteiger partial charge >= 0.3 is 5.97 Å². The summed E-state index contributed by atoms with van der Waals surface area (Å²) in [6.07, 6.45) is 0. The van der Waals surface area contributed by atoms with Crippen molar-refractivity contribution in [1.29, 1.82) is 0 Å². The minimum atomic E-state index is -0.575. The predicted molar refractivity (Wildman–Crippen MR) is 119 cm³/mol. The lowest BCUT2D eigenvalue weighted by molar-refractivity contribution is -0.124. The first-order valence-corrected chi connectivity index (χ1v) is 10.1. The van der Waals surface area contributed by atoms with Crippen LogP contribution in [0.25, 0.3) is 0 Å². The molecule has 0 aliphatic rings. The van der Waals surface area contributed by atoms with E-state index in [9.17, 15) is 9.59 Å². The molecule has 0 unspecified atom stereocenters. The molecule has 0 radical (unpaired) electrons. The fourth-order valence-electron chi connectivity index (χ4n) is 3.43. The van der Waals surface area contributed by atoms with Crippen LogP contribution in [0.2, 0.25) is 0 Å². The van der Waals surface area contributed by atoms with Gasteiger partial charge in [0.25, 0.3) is 5.91 Å². The summed E-state index contributed by atoms with van der Waals surface area (Å²) < 4.78 is 17.3. The van der Waals surface area contributed by atoms with E-state index in [2.05, 4.69) is 10.4 Å². The van der Waals surface area contributed by atoms with Gasteiger partial charge in [-0.05, 0) is 49.2 Å². The Balaban J connectivity index is 1.75. The number of amides is 1. The number of hydrogen-bond acceptors (Lipinski definition) is 6. The van der Waals surface area contributed by atoms with Crippen LogP contribution in [0, 0.1) is 13.8 Å². The Labute approximate surface area is 187 Å². The summed E-state index contributed by atoms with van der Waals surface area (Å²) in [5, 5.41) is 7.16. The van der Waals surface area contributed by atoms with Gasteiger partial charge in [-0.25, -0.2) is 4.79 Å². The molecule has 3 rings (SSSR count). The van der Waals surface area contributed by atoms with E-state index in [1.165, 1.54) is 0 Å². The van der Waals surface area contributed by atoms with Crippen LogP contribution in [-0.4, -0.2) is 42.5 Å². The molecule has 0 saturated heterocycles. The molecule has 1 aromatic heterocycles. The van der Waals surface area contributed by atoms with Gasteiger partial charge < -0.3 is 19.5 Å². The fourth-order valence-corrected chi connectivity index (χ4v) is 3.43. The molecule has 3 aromatic rings. The molecule has 0 saturated carbocycles. The Morgan fingerprint density at radius 1 is 0.938 bits per heavy atom. The number of nitrogens with one attached hydrogen (secondary N) is 1. The molecule has 8 heteroatoms. The van der Waals surface area contributed by atoms with Crippen LogP contribution in [0.4, 0.5) is 0 Å². The summed E-state index contributed by atoms with van der Waals surface area (Å²) in [5.74, 6) is 0.428. The van der Waals surface area contributed by atoms with Crippen molar-refractivity contribution in [3.8, 4) is 11.5 Å². The zero-order valence-electron chi connectivity index (χ0n) is 18.8. The number of aromatic nitrogens is 2.